The van der Waals surface area contributed by atoms with Crippen LogP contribution in [0.2, 0.25) is 5.02 Å². The van der Waals surface area contributed by atoms with Crippen molar-refractivity contribution < 1.29 is 9.59 Å². The number of halogens is 1. The lowest BCUT2D eigenvalue weighted by Crippen LogP contribution is -2.46. The minimum Gasteiger partial charge on any atom is -0.339 e. The number of rotatable bonds is 4. The van der Waals surface area contributed by atoms with Crippen molar-refractivity contribution in [3.8, 4) is 0 Å². The first-order chi connectivity index (χ1) is 11.6. The molecule has 0 aliphatic carbocycles. The molecule has 2 aliphatic rings. The summed E-state index contributed by atoms with van der Waals surface area (Å²) < 4.78 is 0. The molecule has 0 aromatic heterocycles. The van der Waals surface area contributed by atoms with E-state index in [0.29, 0.717) is 30.6 Å². The van der Waals surface area contributed by atoms with Gasteiger partial charge in [-0.1, -0.05) is 30.7 Å². The maximum Gasteiger partial charge on any atom is 0.228 e. The lowest BCUT2D eigenvalue weighted by Gasteiger charge is -2.36. The van der Waals surface area contributed by atoms with Crippen LogP contribution in [-0.4, -0.2) is 40.7 Å². The number of hydrogen-bond donors (Lipinski definition) is 0. The largest absolute Gasteiger partial charge is 0.339 e. The summed E-state index contributed by atoms with van der Waals surface area (Å²) in [5.74, 6) is 0.0683. The van der Waals surface area contributed by atoms with E-state index in [-0.39, 0.29) is 17.7 Å². The minimum absolute atomic E-state index is 0.0772. The lowest BCUT2D eigenvalue weighted by molar-refractivity contribution is -0.139. The summed E-state index contributed by atoms with van der Waals surface area (Å²) in [6.07, 6.45) is 4.73. The number of hydrogen-bond acceptors (Lipinski definition) is 2. The molecule has 2 atom stereocenters. The Morgan fingerprint density at radius 2 is 2.00 bits per heavy atom. The summed E-state index contributed by atoms with van der Waals surface area (Å²) in [4.78, 5) is 29.0. The van der Waals surface area contributed by atoms with Crippen molar-refractivity contribution in [3.63, 3.8) is 0 Å². The fourth-order valence-electron chi connectivity index (χ4n) is 3.85. The number of benzene rings is 1. The molecule has 1 aromatic rings. The van der Waals surface area contributed by atoms with Gasteiger partial charge >= 0.3 is 0 Å². The van der Waals surface area contributed by atoms with E-state index < -0.39 is 0 Å². The van der Waals surface area contributed by atoms with E-state index in [0.717, 1.165) is 31.4 Å². The van der Waals surface area contributed by atoms with Crippen LogP contribution in [0.4, 0.5) is 0 Å². The topological polar surface area (TPSA) is 40.6 Å². The van der Waals surface area contributed by atoms with Gasteiger partial charge in [0.05, 0.1) is 5.92 Å². The van der Waals surface area contributed by atoms with Crippen LogP contribution in [0.3, 0.4) is 0 Å². The molecule has 2 aliphatic heterocycles. The van der Waals surface area contributed by atoms with Crippen LogP contribution in [0.25, 0.3) is 0 Å². The standard InChI is InChI=1S/C19H25ClN2O2/c1-2-17-5-3-4-10-22(17)19(24)15-11-18(23)21(13-15)12-14-6-8-16(20)9-7-14/h6-9,15,17H,2-5,10-13H2,1H3. The molecule has 0 spiro atoms. The fourth-order valence-corrected chi connectivity index (χ4v) is 3.98. The van der Waals surface area contributed by atoms with E-state index in [1.165, 1.54) is 6.42 Å². The summed E-state index contributed by atoms with van der Waals surface area (Å²) in [7, 11) is 0. The average molecular weight is 349 g/mol. The van der Waals surface area contributed by atoms with Gasteiger partial charge in [0.15, 0.2) is 0 Å². The molecule has 2 saturated heterocycles. The van der Waals surface area contributed by atoms with Crippen molar-refractivity contribution in [3.05, 3.63) is 34.9 Å². The van der Waals surface area contributed by atoms with Gasteiger partial charge < -0.3 is 9.80 Å². The third-order valence-corrected chi connectivity index (χ3v) is 5.48. The van der Waals surface area contributed by atoms with Crippen molar-refractivity contribution in [2.75, 3.05) is 13.1 Å². The lowest BCUT2D eigenvalue weighted by atomic mass is 9.97. The molecule has 130 valence electrons. The predicted molar refractivity (Wildman–Crippen MR) is 94.6 cm³/mol. The molecular formula is C19H25ClN2O2. The van der Waals surface area contributed by atoms with Crippen LogP contribution in [-0.2, 0) is 16.1 Å². The average Bonchev–Trinajstić information content (AvgIpc) is 2.97. The summed E-state index contributed by atoms with van der Waals surface area (Å²) in [6.45, 7) is 4.08. The van der Waals surface area contributed by atoms with E-state index in [1.54, 1.807) is 4.90 Å². The zero-order chi connectivity index (χ0) is 17.1. The van der Waals surface area contributed by atoms with Crippen LogP contribution in [0, 0.1) is 5.92 Å². The van der Waals surface area contributed by atoms with Crippen LogP contribution >= 0.6 is 11.6 Å². The summed E-state index contributed by atoms with van der Waals surface area (Å²) in [5, 5.41) is 0.690. The van der Waals surface area contributed by atoms with Crippen molar-refractivity contribution in [1.29, 1.82) is 0 Å². The van der Waals surface area contributed by atoms with E-state index in [4.69, 9.17) is 11.6 Å². The molecule has 2 amide bonds. The van der Waals surface area contributed by atoms with E-state index in [1.807, 2.05) is 29.2 Å². The highest BCUT2D eigenvalue weighted by atomic mass is 35.5. The van der Waals surface area contributed by atoms with E-state index >= 15 is 0 Å². The van der Waals surface area contributed by atoms with Crippen molar-refractivity contribution in [1.82, 2.24) is 9.80 Å². The molecule has 5 heteroatoms. The van der Waals surface area contributed by atoms with Crippen molar-refractivity contribution >= 4 is 23.4 Å². The summed E-state index contributed by atoms with van der Waals surface area (Å²) in [6, 6.07) is 7.89. The maximum atomic E-state index is 12.9. The molecule has 0 bridgehead atoms. The normalized spacial score (nSPS) is 24.5. The molecule has 0 saturated carbocycles. The number of carbonyl (C=O) groups excluding carboxylic acids is 2. The smallest absolute Gasteiger partial charge is 0.228 e. The van der Waals surface area contributed by atoms with Crippen LogP contribution in [0.1, 0.15) is 44.6 Å². The monoisotopic (exact) mass is 348 g/mol. The van der Waals surface area contributed by atoms with Gasteiger partial charge in [0.1, 0.15) is 0 Å². The zero-order valence-corrected chi connectivity index (χ0v) is 15.0. The van der Waals surface area contributed by atoms with E-state index in [2.05, 4.69) is 6.92 Å². The number of piperidine rings is 1. The summed E-state index contributed by atoms with van der Waals surface area (Å²) in [5.41, 5.74) is 1.05. The van der Waals surface area contributed by atoms with Gasteiger partial charge in [-0.25, -0.2) is 0 Å². The highest BCUT2D eigenvalue weighted by molar-refractivity contribution is 6.30. The van der Waals surface area contributed by atoms with Gasteiger partial charge in [0.2, 0.25) is 11.8 Å². The Balaban J connectivity index is 1.63. The molecule has 2 unspecified atom stereocenters. The highest BCUT2D eigenvalue weighted by Crippen LogP contribution is 2.27. The van der Waals surface area contributed by atoms with Gasteiger partial charge in [-0.15, -0.1) is 0 Å². The molecule has 0 radical (unpaired) electrons. The van der Waals surface area contributed by atoms with Gasteiger partial charge in [-0.2, -0.15) is 0 Å². The Bertz CT molecular complexity index is 602. The number of amides is 2. The Morgan fingerprint density at radius 3 is 2.71 bits per heavy atom. The first kappa shape index (κ1) is 17.3. The molecule has 4 nitrogen and oxygen atoms in total. The zero-order valence-electron chi connectivity index (χ0n) is 14.2. The third-order valence-electron chi connectivity index (χ3n) is 5.23. The minimum atomic E-state index is -0.183. The van der Waals surface area contributed by atoms with Crippen LogP contribution in [0.15, 0.2) is 24.3 Å². The molecule has 2 heterocycles. The van der Waals surface area contributed by atoms with Gasteiger partial charge in [0.25, 0.3) is 0 Å². The van der Waals surface area contributed by atoms with E-state index in [9.17, 15) is 9.59 Å². The molecule has 24 heavy (non-hydrogen) atoms. The van der Waals surface area contributed by atoms with Crippen LogP contribution < -0.4 is 0 Å². The molecular weight excluding hydrogens is 324 g/mol. The maximum absolute atomic E-state index is 12.9. The van der Waals surface area contributed by atoms with Crippen molar-refractivity contribution in [2.24, 2.45) is 5.92 Å². The number of likely N-dealkylation sites (tertiary alicyclic amines) is 2. The Labute approximate surface area is 148 Å². The highest BCUT2D eigenvalue weighted by Gasteiger charge is 2.38. The Kier molecular flexibility index (Phi) is 5.44. The molecule has 3 rings (SSSR count). The quantitative estimate of drug-likeness (QED) is 0.835. The molecule has 0 N–H and O–H groups in total. The fraction of sp³-hybridized carbons (Fsp3) is 0.579. The Hall–Kier alpha value is -1.55. The molecule has 2 fully saturated rings. The third kappa shape index (κ3) is 3.75. The number of nitrogens with zero attached hydrogens (tertiary/aromatic N) is 2. The molecule has 1 aromatic carbocycles. The van der Waals surface area contributed by atoms with Crippen LogP contribution in [0.5, 0.6) is 0 Å². The van der Waals surface area contributed by atoms with Gasteiger partial charge in [0, 0.05) is 37.1 Å². The Morgan fingerprint density at radius 1 is 1.25 bits per heavy atom. The van der Waals surface area contributed by atoms with Crippen molar-refractivity contribution in [2.45, 2.75) is 51.6 Å². The second kappa shape index (κ2) is 7.56. The SMILES string of the molecule is CCC1CCCCN1C(=O)C1CC(=O)N(Cc2ccc(Cl)cc2)C1. The van der Waals surface area contributed by atoms with Gasteiger partial charge in [-0.05, 0) is 43.4 Å². The summed E-state index contributed by atoms with van der Waals surface area (Å²) >= 11 is 5.90. The number of carbonyl (C=O) groups is 2. The first-order valence-corrected chi connectivity index (χ1v) is 9.29. The second-order valence-corrected chi connectivity index (χ2v) is 7.33. The second-order valence-electron chi connectivity index (χ2n) is 6.89. The predicted octanol–water partition coefficient (Wildman–Crippen LogP) is 3.48. The van der Waals surface area contributed by atoms with Gasteiger partial charge in [-0.3, -0.25) is 9.59 Å². The first-order valence-electron chi connectivity index (χ1n) is 8.91.